The first kappa shape index (κ1) is 16.7. The molecule has 2 N–H and O–H groups in total. The molecular weight excluding hydrogens is 296 g/mol. The van der Waals surface area contributed by atoms with E-state index in [1.165, 1.54) is 10.8 Å². The second-order valence-electron chi connectivity index (χ2n) is 5.66. The fourth-order valence-electron chi connectivity index (χ4n) is 2.11. The lowest BCUT2D eigenvalue weighted by Gasteiger charge is -2.10. The number of urea groups is 1. The lowest BCUT2D eigenvalue weighted by molar-refractivity contribution is -0.120. The molecule has 0 fully saturated rings. The number of nitrogens with one attached hydrogen (secondary N) is 2. The summed E-state index contributed by atoms with van der Waals surface area (Å²) in [5.74, 6) is -0.0849. The summed E-state index contributed by atoms with van der Waals surface area (Å²) >= 11 is 0. The summed E-state index contributed by atoms with van der Waals surface area (Å²) in [5.41, 5.74) is 0.774. The molecule has 23 heavy (non-hydrogen) atoms. The van der Waals surface area contributed by atoms with Gasteiger partial charge in [0.15, 0.2) is 0 Å². The van der Waals surface area contributed by atoms with Gasteiger partial charge >= 0.3 is 6.03 Å². The van der Waals surface area contributed by atoms with Gasteiger partial charge in [-0.25, -0.2) is 9.78 Å². The first-order valence-corrected chi connectivity index (χ1v) is 7.49. The van der Waals surface area contributed by atoms with Gasteiger partial charge < -0.3 is 5.32 Å². The fraction of sp³-hybridized carbons (Fsp3) is 0.375. The smallest absolute Gasteiger partial charge is 0.321 e. The normalized spacial score (nSPS) is 10.7. The molecule has 0 atom stereocenters. The number of benzene rings is 1. The molecule has 0 aliphatic heterocycles. The van der Waals surface area contributed by atoms with Crippen molar-refractivity contribution in [2.45, 2.75) is 26.8 Å². The zero-order chi connectivity index (χ0) is 16.8. The number of hydrogen-bond acceptors (Lipinski definition) is 4. The van der Waals surface area contributed by atoms with Crippen LogP contribution in [0.15, 0.2) is 35.3 Å². The number of rotatable bonds is 5. The minimum Gasteiger partial charge on any atom is -0.338 e. The SMILES string of the molecule is CC(C)CCNC(=O)NC(=O)Cn1c(=O)cnc2ccccc21. The lowest BCUT2D eigenvalue weighted by Crippen LogP contribution is -2.42. The van der Waals surface area contributed by atoms with E-state index in [0.29, 0.717) is 23.5 Å². The van der Waals surface area contributed by atoms with Gasteiger partial charge in [0, 0.05) is 6.54 Å². The van der Waals surface area contributed by atoms with E-state index in [4.69, 9.17) is 0 Å². The molecule has 0 aliphatic carbocycles. The maximum Gasteiger partial charge on any atom is 0.321 e. The average molecular weight is 316 g/mol. The van der Waals surface area contributed by atoms with Crippen molar-refractivity contribution >= 4 is 23.0 Å². The number of carbonyl (C=O) groups is 2. The highest BCUT2D eigenvalue weighted by Crippen LogP contribution is 2.07. The van der Waals surface area contributed by atoms with Gasteiger partial charge in [-0.2, -0.15) is 0 Å². The summed E-state index contributed by atoms with van der Waals surface area (Å²) in [7, 11) is 0. The third-order valence-corrected chi connectivity index (χ3v) is 3.31. The maximum atomic E-state index is 12.0. The fourth-order valence-corrected chi connectivity index (χ4v) is 2.11. The van der Waals surface area contributed by atoms with Crippen LogP contribution in [0.2, 0.25) is 0 Å². The number of fused-ring (bicyclic) bond motifs is 1. The second kappa shape index (κ2) is 7.53. The van der Waals surface area contributed by atoms with Crippen LogP contribution in [0.3, 0.4) is 0 Å². The van der Waals surface area contributed by atoms with Crippen molar-refractivity contribution in [3.05, 3.63) is 40.8 Å². The molecular formula is C16H20N4O3. The Morgan fingerprint density at radius 1 is 1.26 bits per heavy atom. The average Bonchev–Trinajstić information content (AvgIpc) is 2.49. The number of imide groups is 1. The van der Waals surface area contributed by atoms with Gasteiger partial charge in [-0.05, 0) is 24.5 Å². The Bertz CT molecular complexity index is 767. The summed E-state index contributed by atoms with van der Waals surface area (Å²) in [4.78, 5) is 39.5. The lowest BCUT2D eigenvalue weighted by atomic mass is 10.1. The number of hydrogen-bond donors (Lipinski definition) is 2. The standard InChI is InChI=1S/C16H20N4O3/c1-11(2)7-8-17-16(23)19-14(21)10-20-13-6-4-3-5-12(13)18-9-15(20)22/h3-6,9,11H,7-8,10H2,1-2H3,(H2,17,19,21,23). The molecule has 1 aromatic carbocycles. The van der Waals surface area contributed by atoms with Crippen molar-refractivity contribution in [3.63, 3.8) is 0 Å². The van der Waals surface area contributed by atoms with Crippen molar-refractivity contribution in [2.75, 3.05) is 6.54 Å². The van der Waals surface area contributed by atoms with Gasteiger partial charge in [0.1, 0.15) is 6.54 Å². The van der Waals surface area contributed by atoms with Crippen LogP contribution >= 0.6 is 0 Å². The predicted octanol–water partition coefficient (Wildman–Crippen LogP) is 1.27. The molecule has 7 heteroatoms. The molecule has 0 unspecified atom stereocenters. The van der Waals surface area contributed by atoms with Crippen LogP contribution in [0.5, 0.6) is 0 Å². The minimum absolute atomic E-state index is 0.237. The molecule has 0 saturated heterocycles. The Hall–Kier alpha value is -2.70. The first-order chi connectivity index (χ1) is 11.0. The Balaban J connectivity index is 2.02. The molecule has 7 nitrogen and oxygen atoms in total. The Kier molecular flexibility index (Phi) is 5.46. The third kappa shape index (κ3) is 4.64. The van der Waals surface area contributed by atoms with E-state index in [-0.39, 0.29) is 12.1 Å². The van der Waals surface area contributed by atoms with Crippen molar-refractivity contribution < 1.29 is 9.59 Å². The quantitative estimate of drug-likeness (QED) is 0.868. The van der Waals surface area contributed by atoms with Gasteiger partial charge in [-0.1, -0.05) is 26.0 Å². The molecule has 0 bridgehead atoms. The van der Waals surface area contributed by atoms with Gasteiger partial charge in [0.05, 0.1) is 17.2 Å². The number of amides is 3. The molecule has 122 valence electrons. The van der Waals surface area contributed by atoms with E-state index >= 15 is 0 Å². The molecule has 0 aliphatic rings. The van der Waals surface area contributed by atoms with Crippen LogP contribution in [0.4, 0.5) is 4.79 Å². The maximum absolute atomic E-state index is 12.0. The van der Waals surface area contributed by atoms with Crippen molar-refractivity contribution in [1.82, 2.24) is 20.2 Å². The van der Waals surface area contributed by atoms with E-state index in [2.05, 4.69) is 15.6 Å². The van der Waals surface area contributed by atoms with E-state index in [9.17, 15) is 14.4 Å². The summed E-state index contributed by atoms with van der Waals surface area (Å²) in [6.45, 7) is 4.35. The Labute approximate surface area is 133 Å². The van der Waals surface area contributed by atoms with Crippen LogP contribution in [0.25, 0.3) is 11.0 Å². The molecule has 1 aromatic heterocycles. The van der Waals surface area contributed by atoms with E-state index in [0.717, 1.165) is 6.42 Å². The van der Waals surface area contributed by atoms with Crippen LogP contribution in [-0.2, 0) is 11.3 Å². The van der Waals surface area contributed by atoms with Crippen molar-refractivity contribution in [2.24, 2.45) is 5.92 Å². The summed E-state index contributed by atoms with van der Waals surface area (Å²) in [6, 6.07) is 6.46. The van der Waals surface area contributed by atoms with Crippen LogP contribution in [0, 0.1) is 5.92 Å². The highest BCUT2D eigenvalue weighted by atomic mass is 16.2. The van der Waals surface area contributed by atoms with E-state index in [1.54, 1.807) is 24.3 Å². The molecule has 0 radical (unpaired) electrons. The zero-order valence-electron chi connectivity index (χ0n) is 13.2. The topological polar surface area (TPSA) is 93.1 Å². The van der Waals surface area contributed by atoms with Gasteiger partial charge in [-0.3, -0.25) is 19.5 Å². The van der Waals surface area contributed by atoms with Crippen molar-refractivity contribution in [1.29, 1.82) is 0 Å². The number of carbonyl (C=O) groups excluding carboxylic acids is 2. The summed E-state index contributed by atoms with van der Waals surface area (Å²) < 4.78 is 1.29. The van der Waals surface area contributed by atoms with Crippen LogP contribution in [-0.4, -0.2) is 28.0 Å². The summed E-state index contributed by atoms with van der Waals surface area (Å²) in [6.07, 6.45) is 1.99. The van der Waals surface area contributed by atoms with Gasteiger partial charge in [0.25, 0.3) is 5.56 Å². The van der Waals surface area contributed by atoms with Crippen LogP contribution in [0.1, 0.15) is 20.3 Å². The first-order valence-electron chi connectivity index (χ1n) is 7.49. The van der Waals surface area contributed by atoms with E-state index in [1.807, 2.05) is 13.8 Å². The van der Waals surface area contributed by atoms with Gasteiger partial charge in [0.2, 0.25) is 5.91 Å². The van der Waals surface area contributed by atoms with Crippen molar-refractivity contribution in [3.8, 4) is 0 Å². The molecule has 3 amide bonds. The molecule has 0 spiro atoms. The van der Waals surface area contributed by atoms with Crippen LogP contribution < -0.4 is 16.2 Å². The predicted molar refractivity (Wildman–Crippen MR) is 87.0 cm³/mol. The molecule has 1 heterocycles. The Morgan fingerprint density at radius 3 is 2.74 bits per heavy atom. The zero-order valence-corrected chi connectivity index (χ0v) is 13.2. The molecule has 2 rings (SSSR count). The number of nitrogens with zero attached hydrogens (tertiary/aromatic N) is 2. The molecule has 0 saturated carbocycles. The number of aromatic nitrogens is 2. The molecule has 2 aromatic rings. The van der Waals surface area contributed by atoms with Gasteiger partial charge in [-0.15, -0.1) is 0 Å². The Morgan fingerprint density at radius 2 is 2.00 bits per heavy atom. The highest BCUT2D eigenvalue weighted by Gasteiger charge is 2.11. The second-order valence-corrected chi connectivity index (χ2v) is 5.66. The third-order valence-electron chi connectivity index (χ3n) is 3.31. The van der Waals surface area contributed by atoms with E-state index < -0.39 is 11.9 Å². The summed E-state index contributed by atoms with van der Waals surface area (Å²) in [5, 5.41) is 4.84. The minimum atomic E-state index is -0.554. The largest absolute Gasteiger partial charge is 0.338 e. The number of para-hydroxylation sites is 2. The monoisotopic (exact) mass is 316 g/mol. The highest BCUT2D eigenvalue weighted by molar-refractivity contribution is 5.94.